The van der Waals surface area contributed by atoms with E-state index in [1.165, 1.54) is 52.6 Å². The van der Waals surface area contributed by atoms with E-state index >= 15 is 0 Å². The number of fused-ring (bicyclic) bond motifs is 1. The van der Waals surface area contributed by atoms with E-state index in [1.54, 1.807) is 0 Å². The van der Waals surface area contributed by atoms with Crippen LogP contribution in [0.2, 0.25) is 10.0 Å². The van der Waals surface area contributed by atoms with E-state index in [9.17, 15) is 17.6 Å². The van der Waals surface area contributed by atoms with Gasteiger partial charge in [0.1, 0.15) is 23.9 Å². The number of aromatic nitrogens is 2. The van der Waals surface area contributed by atoms with Gasteiger partial charge in [-0.25, -0.2) is 12.8 Å². The summed E-state index contributed by atoms with van der Waals surface area (Å²) in [5, 5.41) is 13.3. The van der Waals surface area contributed by atoms with Crippen molar-refractivity contribution in [1.29, 1.82) is 0 Å². The molecule has 0 spiro atoms. The minimum Gasteiger partial charge on any atom is -0.480 e. The molecule has 2 aromatic carbocycles. The number of halogens is 3. The highest BCUT2D eigenvalue weighted by atomic mass is 35.5. The van der Waals surface area contributed by atoms with Crippen LogP contribution in [0.1, 0.15) is 30.1 Å². The summed E-state index contributed by atoms with van der Waals surface area (Å²) in [6.45, 7) is -0.284. The maximum absolute atomic E-state index is 13.4. The third-order valence-corrected chi connectivity index (χ3v) is 8.10. The third kappa shape index (κ3) is 4.76. The number of rotatable bonds is 7. The SMILES string of the molecule is CN(C1CCCc2c1cnn2CC(=O)O)S(=O)(=O)c1ccc(Oc2ccc(F)cc2Cl)c(Cl)c1. The Morgan fingerprint density at radius 3 is 2.56 bits per heavy atom. The van der Waals surface area contributed by atoms with Crippen LogP contribution in [0.3, 0.4) is 0 Å². The molecule has 1 heterocycles. The number of carboxylic acids is 1. The van der Waals surface area contributed by atoms with Crippen molar-refractivity contribution in [3.05, 3.63) is 69.7 Å². The number of sulfonamides is 1. The topological polar surface area (TPSA) is 102 Å². The molecular formula is C22H20Cl2FN3O5S. The van der Waals surface area contributed by atoms with Gasteiger partial charge in [0, 0.05) is 18.3 Å². The van der Waals surface area contributed by atoms with Gasteiger partial charge in [-0.05, 0) is 55.7 Å². The average molecular weight is 528 g/mol. The molecule has 4 rings (SSSR count). The number of ether oxygens (including phenoxy) is 1. The van der Waals surface area contributed by atoms with Crippen LogP contribution in [-0.2, 0) is 27.8 Å². The highest BCUT2D eigenvalue weighted by Crippen LogP contribution is 2.39. The van der Waals surface area contributed by atoms with Crippen LogP contribution in [0, 0.1) is 5.82 Å². The molecule has 1 aliphatic rings. The van der Waals surface area contributed by atoms with Gasteiger partial charge in [0.15, 0.2) is 0 Å². The molecule has 34 heavy (non-hydrogen) atoms. The Morgan fingerprint density at radius 1 is 1.24 bits per heavy atom. The van der Waals surface area contributed by atoms with E-state index < -0.39 is 27.9 Å². The molecule has 0 aliphatic heterocycles. The van der Waals surface area contributed by atoms with E-state index in [0.717, 1.165) is 11.8 Å². The molecular weight excluding hydrogens is 508 g/mol. The van der Waals surface area contributed by atoms with Gasteiger partial charge >= 0.3 is 5.97 Å². The minimum atomic E-state index is -3.96. The molecule has 1 aromatic heterocycles. The van der Waals surface area contributed by atoms with Crippen molar-refractivity contribution in [3.63, 3.8) is 0 Å². The Balaban J connectivity index is 1.59. The van der Waals surface area contributed by atoms with Crippen LogP contribution in [0.15, 0.2) is 47.5 Å². The van der Waals surface area contributed by atoms with Gasteiger partial charge in [-0.3, -0.25) is 9.48 Å². The lowest BCUT2D eigenvalue weighted by Gasteiger charge is -2.31. The summed E-state index contributed by atoms with van der Waals surface area (Å²) in [6, 6.07) is 7.16. The first-order chi connectivity index (χ1) is 16.1. The van der Waals surface area contributed by atoms with Crippen molar-refractivity contribution < 1.29 is 27.4 Å². The molecule has 1 unspecified atom stereocenters. The first-order valence-corrected chi connectivity index (χ1v) is 12.4. The summed E-state index contributed by atoms with van der Waals surface area (Å²) in [5.74, 6) is -1.21. The summed E-state index contributed by atoms with van der Waals surface area (Å²) in [4.78, 5) is 11.1. The summed E-state index contributed by atoms with van der Waals surface area (Å²) < 4.78 is 48.3. The van der Waals surface area contributed by atoms with Crippen LogP contribution >= 0.6 is 23.2 Å². The molecule has 12 heteroatoms. The monoisotopic (exact) mass is 527 g/mol. The average Bonchev–Trinajstić information content (AvgIpc) is 3.18. The number of hydrogen-bond donors (Lipinski definition) is 1. The number of nitrogens with zero attached hydrogens (tertiary/aromatic N) is 3. The van der Waals surface area contributed by atoms with E-state index in [-0.39, 0.29) is 33.0 Å². The lowest BCUT2D eigenvalue weighted by molar-refractivity contribution is -0.137. The molecule has 1 N–H and O–H groups in total. The van der Waals surface area contributed by atoms with E-state index in [4.69, 9.17) is 33.0 Å². The molecule has 1 aliphatic carbocycles. The van der Waals surface area contributed by atoms with E-state index in [0.29, 0.717) is 24.8 Å². The molecule has 0 saturated heterocycles. The zero-order valence-electron chi connectivity index (χ0n) is 17.9. The van der Waals surface area contributed by atoms with Crippen molar-refractivity contribution in [2.24, 2.45) is 0 Å². The van der Waals surface area contributed by atoms with Crippen LogP contribution in [0.5, 0.6) is 11.5 Å². The molecule has 0 fully saturated rings. The highest BCUT2D eigenvalue weighted by Gasteiger charge is 2.34. The maximum atomic E-state index is 13.4. The van der Waals surface area contributed by atoms with Crippen molar-refractivity contribution in [3.8, 4) is 11.5 Å². The molecule has 0 saturated carbocycles. The second-order valence-corrected chi connectivity index (χ2v) is 10.6. The molecule has 0 radical (unpaired) electrons. The van der Waals surface area contributed by atoms with Crippen LogP contribution in [0.25, 0.3) is 0 Å². The van der Waals surface area contributed by atoms with Crippen molar-refractivity contribution in [1.82, 2.24) is 14.1 Å². The van der Waals surface area contributed by atoms with Gasteiger partial charge in [-0.2, -0.15) is 9.40 Å². The first kappa shape index (κ1) is 24.5. The van der Waals surface area contributed by atoms with Gasteiger partial charge in [-0.15, -0.1) is 0 Å². The maximum Gasteiger partial charge on any atom is 0.325 e. The van der Waals surface area contributed by atoms with E-state index in [2.05, 4.69) is 5.10 Å². The van der Waals surface area contributed by atoms with Crippen LogP contribution in [0.4, 0.5) is 4.39 Å². The first-order valence-electron chi connectivity index (χ1n) is 10.2. The number of carboxylic acid groups (broad SMARTS) is 1. The fourth-order valence-corrected chi connectivity index (χ4v) is 5.86. The van der Waals surface area contributed by atoms with Crippen LogP contribution in [-0.4, -0.2) is 40.6 Å². The molecule has 0 bridgehead atoms. The van der Waals surface area contributed by atoms with Crippen molar-refractivity contribution >= 4 is 39.2 Å². The number of hydrogen-bond acceptors (Lipinski definition) is 5. The largest absolute Gasteiger partial charge is 0.480 e. The Bertz CT molecular complexity index is 1360. The van der Waals surface area contributed by atoms with Gasteiger partial charge in [-0.1, -0.05) is 23.2 Å². The standard InChI is InChI=1S/C22H20Cl2FN3O5S/c1-27(18-3-2-4-19-15(18)11-26-28(19)12-22(29)30)34(31,32)14-6-8-21(17(24)10-14)33-20-7-5-13(25)9-16(20)23/h5-11,18H,2-4,12H2,1H3,(H,29,30). The summed E-state index contributed by atoms with van der Waals surface area (Å²) in [5.41, 5.74) is 1.41. The molecule has 180 valence electrons. The smallest absolute Gasteiger partial charge is 0.325 e. The zero-order valence-corrected chi connectivity index (χ0v) is 20.2. The molecule has 3 aromatic rings. The molecule has 1 atom stereocenters. The molecule has 8 nitrogen and oxygen atoms in total. The highest BCUT2D eigenvalue weighted by molar-refractivity contribution is 7.89. The van der Waals surface area contributed by atoms with Gasteiger partial charge in [0.2, 0.25) is 10.0 Å². The second-order valence-electron chi connectivity index (χ2n) is 7.80. The van der Waals surface area contributed by atoms with Gasteiger partial charge in [0.05, 0.1) is 27.2 Å². The fourth-order valence-electron chi connectivity index (χ4n) is 3.97. The van der Waals surface area contributed by atoms with Gasteiger partial charge < -0.3 is 9.84 Å². The Kier molecular flexibility index (Phi) is 6.86. The fraction of sp³-hybridized carbons (Fsp3) is 0.273. The number of carbonyl (C=O) groups is 1. The lowest BCUT2D eigenvalue weighted by Crippen LogP contribution is -2.33. The Morgan fingerprint density at radius 2 is 1.91 bits per heavy atom. The normalized spacial score (nSPS) is 15.9. The predicted molar refractivity (Wildman–Crippen MR) is 123 cm³/mol. The quantitative estimate of drug-likeness (QED) is 0.468. The summed E-state index contributed by atoms with van der Waals surface area (Å²) in [7, 11) is -2.48. The zero-order chi connectivity index (χ0) is 24.6. The number of aliphatic carboxylic acids is 1. The predicted octanol–water partition coefficient (Wildman–Crippen LogP) is 4.90. The summed E-state index contributed by atoms with van der Waals surface area (Å²) in [6.07, 6.45) is 3.41. The molecule has 0 amide bonds. The Hall–Kier alpha value is -2.66. The Labute approximate surface area is 205 Å². The van der Waals surface area contributed by atoms with Crippen LogP contribution < -0.4 is 4.74 Å². The minimum absolute atomic E-state index is 0.0356. The number of benzene rings is 2. The van der Waals surface area contributed by atoms with Crippen molar-refractivity contribution in [2.45, 2.75) is 36.7 Å². The lowest BCUT2D eigenvalue weighted by atomic mass is 9.93. The van der Waals surface area contributed by atoms with Crippen molar-refractivity contribution in [2.75, 3.05) is 7.05 Å². The second kappa shape index (κ2) is 9.53. The van der Waals surface area contributed by atoms with Gasteiger partial charge in [0.25, 0.3) is 0 Å². The van der Waals surface area contributed by atoms with E-state index in [1.807, 2.05) is 0 Å². The third-order valence-electron chi connectivity index (χ3n) is 5.65. The summed E-state index contributed by atoms with van der Waals surface area (Å²) >= 11 is 12.3.